The molecule has 1 aromatic heterocycles. The van der Waals surface area contributed by atoms with Crippen LogP contribution in [-0.2, 0) is 0 Å². The van der Waals surface area contributed by atoms with Crippen molar-refractivity contribution in [3.8, 4) is 0 Å². The summed E-state index contributed by atoms with van der Waals surface area (Å²) in [6.45, 7) is 3.81. The molecule has 0 radical (unpaired) electrons. The van der Waals surface area contributed by atoms with E-state index >= 15 is 0 Å². The Balaban J connectivity index is 2.67. The monoisotopic (exact) mass is 258 g/mol. The van der Waals surface area contributed by atoms with E-state index in [1.54, 1.807) is 6.92 Å². The molecule has 0 aliphatic carbocycles. The van der Waals surface area contributed by atoms with Crippen molar-refractivity contribution in [1.29, 1.82) is 0 Å². The third kappa shape index (κ3) is 3.27. The van der Waals surface area contributed by atoms with E-state index in [0.29, 0.717) is 0 Å². The molecule has 0 fully saturated rings. The number of pyridine rings is 1. The Morgan fingerprint density at radius 3 is 2.79 bits per heavy atom. The minimum absolute atomic E-state index is 0.0526. The second kappa shape index (κ2) is 5.32. The highest BCUT2D eigenvalue weighted by molar-refractivity contribution is 9.10. The average Bonchev–Trinajstić information content (AvgIpc) is 2.14. The predicted molar refractivity (Wildman–Crippen MR) is 61.3 cm³/mol. The molecule has 78 valence electrons. The number of hydrogen-bond donors (Lipinski definition) is 2. The van der Waals surface area contributed by atoms with Gasteiger partial charge in [0, 0.05) is 0 Å². The Kier molecular flexibility index (Phi) is 4.35. The summed E-state index contributed by atoms with van der Waals surface area (Å²) in [6, 6.07) is 5.72. The minimum Gasteiger partial charge on any atom is -0.391 e. The van der Waals surface area contributed by atoms with Crippen molar-refractivity contribution < 1.29 is 5.11 Å². The van der Waals surface area contributed by atoms with Gasteiger partial charge in [-0.3, -0.25) is 0 Å². The van der Waals surface area contributed by atoms with Gasteiger partial charge >= 0.3 is 0 Å². The lowest BCUT2D eigenvalue weighted by molar-refractivity contribution is 0.169. The van der Waals surface area contributed by atoms with Crippen LogP contribution < -0.4 is 5.32 Å². The molecule has 1 rings (SSSR count). The summed E-state index contributed by atoms with van der Waals surface area (Å²) >= 11 is 3.30. The Bertz CT molecular complexity index is 291. The minimum atomic E-state index is -0.374. The summed E-state index contributed by atoms with van der Waals surface area (Å²) in [5.74, 6) is 0.784. The molecule has 0 saturated carbocycles. The van der Waals surface area contributed by atoms with Crippen LogP contribution in [0.4, 0.5) is 5.82 Å². The Morgan fingerprint density at radius 1 is 1.57 bits per heavy atom. The van der Waals surface area contributed by atoms with Gasteiger partial charge in [0.05, 0.1) is 12.1 Å². The van der Waals surface area contributed by atoms with E-state index in [0.717, 1.165) is 16.8 Å². The van der Waals surface area contributed by atoms with E-state index < -0.39 is 0 Å². The smallest absolute Gasteiger partial charge is 0.127 e. The van der Waals surface area contributed by atoms with E-state index in [1.807, 2.05) is 25.1 Å². The molecule has 2 unspecified atom stereocenters. The molecule has 0 aliphatic heterocycles. The highest BCUT2D eigenvalue weighted by Gasteiger charge is 2.12. The molecule has 0 spiro atoms. The van der Waals surface area contributed by atoms with E-state index in [4.69, 9.17) is 0 Å². The second-order valence-electron chi connectivity index (χ2n) is 3.25. The van der Waals surface area contributed by atoms with Crippen LogP contribution in [0.1, 0.15) is 20.3 Å². The van der Waals surface area contributed by atoms with Crippen LogP contribution in [0.3, 0.4) is 0 Å². The average molecular weight is 259 g/mol. The summed E-state index contributed by atoms with van der Waals surface area (Å²) < 4.78 is 0.794. The zero-order valence-electron chi connectivity index (χ0n) is 8.37. The lowest BCUT2D eigenvalue weighted by atomic mass is 10.1. The third-order valence-corrected chi connectivity index (χ3v) is 2.51. The van der Waals surface area contributed by atoms with Crippen molar-refractivity contribution in [2.24, 2.45) is 0 Å². The second-order valence-corrected chi connectivity index (χ2v) is 4.06. The van der Waals surface area contributed by atoms with Gasteiger partial charge < -0.3 is 10.4 Å². The van der Waals surface area contributed by atoms with Crippen LogP contribution >= 0.6 is 15.9 Å². The maximum atomic E-state index is 9.44. The fourth-order valence-corrected chi connectivity index (χ4v) is 1.59. The lowest BCUT2D eigenvalue weighted by Gasteiger charge is -2.20. The molecule has 0 bridgehead atoms. The van der Waals surface area contributed by atoms with Gasteiger partial charge in [-0.15, -0.1) is 0 Å². The van der Waals surface area contributed by atoms with Crippen molar-refractivity contribution >= 4 is 21.7 Å². The van der Waals surface area contributed by atoms with Crippen LogP contribution in [-0.4, -0.2) is 22.2 Å². The molecule has 2 atom stereocenters. The number of aliphatic hydroxyl groups is 1. The Labute approximate surface area is 92.7 Å². The standard InChI is InChI=1S/C10H15BrN2O/c1-3-8(7(2)14)12-10-6-4-5-9(11)13-10/h4-8,14H,3H2,1-2H3,(H,12,13). The first kappa shape index (κ1) is 11.5. The summed E-state index contributed by atoms with van der Waals surface area (Å²) in [6.07, 6.45) is 0.493. The highest BCUT2D eigenvalue weighted by atomic mass is 79.9. The molecule has 0 saturated heterocycles. The van der Waals surface area contributed by atoms with Crippen molar-refractivity contribution in [2.45, 2.75) is 32.4 Å². The number of nitrogens with one attached hydrogen (secondary N) is 1. The van der Waals surface area contributed by atoms with E-state index in [9.17, 15) is 5.11 Å². The van der Waals surface area contributed by atoms with Gasteiger partial charge in [-0.05, 0) is 41.4 Å². The van der Waals surface area contributed by atoms with Gasteiger partial charge in [0.1, 0.15) is 10.4 Å². The van der Waals surface area contributed by atoms with Crippen LogP contribution in [0.2, 0.25) is 0 Å². The van der Waals surface area contributed by atoms with Gasteiger partial charge in [0.25, 0.3) is 0 Å². The molecule has 2 N–H and O–H groups in total. The first-order chi connectivity index (χ1) is 6.63. The third-order valence-electron chi connectivity index (χ3n) is 2.07. The molecular formula is C10H15BrN2O. The number of nitrogens with zero attached hydrogens (tertiary/aromatic N) is 1. The van der Waals surface area contributed by atoms with Gasteiger partial charge in [0.2, 0.25) is 0 Å². The lowest BCUT2D eigenvalue weighted by Crippen LogP contribution is -2.30. The Hall–Kier alpha value is -0.610. The fourth-order valence-electron chi connectivity index (χ4n) is 1.24. The number of anilines is 1. The van der Waals surface area contributed by atoms with Crippen LogP contribution in [0.5, 0.6) is 0 Å². The van der Waals surface area contributed by atoms with Crippen molar-refractivity contribution in [1.82, 2.24) is 4.98 Å². The van der Waals surface area contributed by atoms with Crippen molar-refractivity contribution in [2.75, 3.05) is 5.32 Å². The molecule has 0 aliphatic rings. The summed E-state index contributed by atoms with van der Waals surface area (Å²) in [5.41, 5.74) is 0. The molecular weight excluding hydrogens is 244 g/mol. The Morgan fingerprint density at radius 2 is 2.29 bits per heavy atom. The number of halogens is 1. The van der Waals surface area contributed by atoms with Gasteiger partial charge in [-0.1, -0.05) is 13.0 Å². The zero-order chi connectivity index (χ0) is 10.6. The van der Waals surface area contributed by atoms with Crippen LogP contribution in [0.25, 0.3) is 0 Å². The summed E-state index contributed by atoms with van der Waals surface area (Å²) in [4.78, 5) is 4.24. The van der Waals surface area contributed by atoms with Gasteiger partial charge in [-0.2, -0.15) is 0 Å². The molecule has 1 heterocycles. The fraction of sp³-hybridized carbons (Fsp3) is 0.500. The quantitative estimate of drug-likeness (QED) is 0.816. The molecule has 14 heavy (non-hydrogen) atoms. The summed E-state index contributed by atoms with van der Waals surface area (Å²) in [7, 11) is 0. The molecule has 0 amide bonds. The zero-order valence-corrected chi connectivity index (χ0v) is 9.95. The SMILES string of the molecule is CCC(Nc1cccc(Br)n1)C(C)O. The maximum Gasteiger partial charge on any atom is 0.127 e. The van der Waals surface area contributed by atoms with Crippen LogP contribution in [0, 0.1) is 0 Å². The number of aromatic nitrogens is 1. The number of hydrogen-bond acceptors (Lipinski definition) is 3. The van der Waals surface area contributed by atoms with E-state index in [-0.39, 0.29) is 12.1 Å². The predicted octanol–water partition coefficient (Wildman–Crippen LogP) is 2.42. The highest BCUT2D eigenvalue weighted by Crippen LogP contribution is 2.13. The number of rotatable bonds is 4. The molecule has 0 aromatic carbocycles. The normalized spacial score (nSPS) is 14.9. The van der Waals surface area contributed by atoms with Gasteiger partial charge in [0.15, 0.2) is 0 Å². The topological polar surface area (TPSA) is 45.2 Å². The molecule has 4 heteroatoms. The van der Waals surface area contributed by atoms with E-state index in [2.05, 4.69) is 26.2 Å². The molecule has 1 aromatic rings. The summed E-state index contributed by atoms with van der Waals surface area (Å²) in [5, 5.41) is 12.6. The number of aliphatic hydroxyl groups excluding tert-OH is 1. The van der Waals surface area contributed by atoms with Crippen molar-refractivity contribution in [3.63, 3.8) is 0 Å². The van der Waals surface area contributed by atoms with Crippen LogP contribution in [0.15, 0.2) is 22.8 Å². The first-order valence-corrected chi connectivity index (χ1v) is 5.50. The van der Waals surface area contributed by atoms with E-state index in [1.165, 1.54) is 0 Å². The van der Waals surface area contributed by atoms with Gasteiger partial charge in [-0.25, -0.2) is 4.98 Å². The molecule has 3 nitrogen and oxygen atoms in total. The maximum absolute atomic E-state index is 9.44. The first-order valence-electron chi connectivity index (χ1n) is 4.70. The largest absolute Gasteiger partial charge is 0.391 e. The van der Waals surface area contributed by atoms with Crippen molar-refractivity contribution in [3.05, 3.63) is 22.8 Å².